The number of sulfonamides is 1. The molecular formula is C40H54N6O7S. The Kier molecular flexibility index (Phi) is 12.9. The SMILES string of the molecule is COC1Nc2ccc(NC(=O)C(Cc3ccc(-c4ccc(S(=O)(=O)NC(C)C)cc4C)cc3)NC(=O)C3CCC(CNC(=O)OC(C)(C)C)CC3)cc2N1. The van der Waals surface area contributed by atoms with Crippen molar-refractivity contribution in [1.82, 2.24) is 15.4 Å². The second kappa shape index (κ2) is 17.2. The molecule has 14 heteroatoms. The van der Waals surface area contributed by atoms with Crippen LogP contribution in [0.1, 0.15) is 71.4 Å². The number of nitrogens with one attached hydrogen (secondary N) is 6. The Bertz CT molecular complexity index is 1920. The molecule has 1 heterocycles. The third kappa shape index (κ3) is 11.0. The van der Waals surface area contributed by atoms with Crippen LogP contribution >= 0.6 is 0 Å². The maximum Gasteiger partial charge on any atom is 0.407 e. The van der Waals surface area contributed by atoms with Crippen LogP contribution in [0.25, 0.3) is 11.1 Å². The molecule has 54 heavy (non-hydrogen) atoms. The molecule has 3 aromatic rings. The molecule has 3 amide bonds. The molecule has 1 saturated carbocycles. The fourth-order valence-electron chi connectivity index (χ4n) is 6.76. The molecule has 2 unspecified atom stereocenters. The topological polar surface area (TPSA) is 176 Å². The van der Waals surface area contributed by atoms with Crippen LogP contribution in [0.3, 0.4) is 0 Å². The zero-order valence-corrected chi connectivity index (χ0v) is 33.0. The molecule has 2 aliphatic rings. The third-order valence-electron chi connectivity index (χ3n) is 9.48. The minimum atomic E-state index is -3.63. The average molecular weight is 763 g/mol. The fraction of sp³-hybridized carbons (Fsp3) is 0.475. The lowest BCUT2D eigenvalue weighted by molar-refractivity contribution is -0.130. The van der Waals surface area contributed by atoms with Crippen molar-refractivity contribution in [2.45, 2.75) is 103 Å². The van der Waals surface area contributed by atoms with E-state index in [-0.39, 0.29) is 47.4 Å². The lowest BCUT2D eigenvalue weighted by Crippen LogP contribution is -2.48. The monoisotopic (exact) mass is 762 g/mol. The first-order chi connectivity index (χ1) is 25.5. The number of aryl methyl sites for hydroxylation is 1. The molecule has 292 valence electrons. The summed E-state index contributed by atoms with van der Waals surface area (Å²) in [6.07, 6.45) is 2.26. The highest BCUT2D eigenvalue weighted by atomic mass is 32.2. The summed E-state index contributed by atoms with van der Waals surface area (Å²) in [4.78, 5) is 39.9. The number of carbonyl (C=O) groups is 3. The van der Waals surface area contributed by atoms with Gasteiger partial charge in [-0.25, -0.2) is 17.9 Å². The second-order valence-corrected chi connectivity index (χ2v) is 17.2. The van der Waals surface area contributed by atoms with Gasteiger partial charge >= 0.3 is 6.09 Å². The first-order valence-corrected chi connectivity index (χ1v) is 20.0. The number of ether oxygens (including phenoxy) is 2. The Morgan fingerprint density at radius 1 is 0.907 bits per heavy atom. The molecule has 1 aliphatic heterocycles. The van der Waals surface area contributed by atoms with Crippen molar-refractivity contribution < 1.29 is 32.3 Å². The summed E-state index contributed by atoms with van der Waals surface area (Å²) in [5, 5.41) is 15.3. The first-order valence-electron chi connectivity index (χ1n) is 18.5. The molecule has 1 aliphatic carbocycles. The summed E-state index contributed by atoms with van der Waals surface area (Å²) in [5.74, 6) is -0.543. The molecule has 0 saturated heterocycles. The molecule has 1 fully saturated rings. The van der Waals surface area contributed by atoms with E-state index in [1.807, 2.05) is 64.1 Å². The molecule has 3 aromatic carbocycles. The van der Waals surface area contributed by atoms with Gasteiger partial charge in [-0.15, -0.1) is 0 Å². The largest absolute Gasteiger partial charge is 0.444 e. The lowest BCUT2D eigenvalue weighted by atomic mass is 9.81. The Morgan fingerprint density at radius 3 is 2.22 bits per heavy atom. The molecule has 5 rings (SSSR count). The van der Waals surface area contributed by atoms with Gasteiger partial charge in [0.1, 0.15) is 11.6 Å². The average Bonchev–Trinajstić information content (AvgIpc) is 3.52. The number of methoxy groups -OCH3 is 1. The van der Waals surface area contributed by atoms with E-state index in [1.54, 1.807) is 45.2 Å². The Balaban J connectivity index is 1.27. The van der Waals surface area contributed by atoms with Crippen LogP contribution in [0.2, 0.25) is 0 Å². The van der Waals surface area contributed by atoms with Crippen molar-refractivity contribution in [2.75, 3.05) is 29.6 Å². The number of amides is 3. The second-order valence-electron chi connectivity index (χ2n) is 15.5. The molecule has 2 atom stereocenters. The highest BCUT2D eigenvalue weighted by molar-refractivity contribution is 7.89. The number of carbonyl (C=O) groups excluding carboxylic acids is 3. The molecular weight excluding hydrogens is 709 g/mol. The van der Waals surface area contributed by atoms with Crippen molar-refractivity contribution in [1.29, 1.82) is 0 Å². The first kappa shape index (κ1) is 40.5. The molecule has 0 bridgehead atoms. The van der Waals surface area contributed by atoms with Gasteiger partial charge in [0.05, 0.1) is 16.3 Å². The number of hydrogen-bond acceptors (Lipinski definition) is 9. The van der Waals surface area contributed by atoms with E-state index in [4.69, 9.17) is 9.47 Å². The quantitative estimate of drug-likeness (QED) is 0.120. The van der Waals surface area contributed by atoms with E-state index in [9.17, 15) is 22.8 Å². The minimum Gasteiger partial charge on any atom is -0.444 e. The van der Waals surface area contributed by atoms with Crippen LogP contribution in [0.5, 0.6) is 0 Å². The van der Waals surface area contributed by atoms with Crippen LogP contribution in [-0.2, 0) is 35.5 Å². The Labute approximate surface area is 318 Å². The molecule has 13 nitrogen and oxygen atoms in total. The van der Waals surface area contributed by atoms with E-state index < -0.39 is 27.8 Å². The standard InChI is InChI=1S/C40H54N6O7S/c1-24(2)46-54(50,51)31-17-18-32(25(3)20-31)28-12-8-26(9-13-28)21-35(37(48)42-30-16-19-33-34(22-30)45-38(44-33)52-7)43-36(47)29-14-10-27(11-15-29)23-41-39(49)53-40(4,5)6/h8-9,12-13,16-20,22,24,27,29,35,38,44-46H,10-11,14-15,21,23H2,1-7H3,(H,41,49)(H,42,48)(H,43,47). The van der Waals surface area contributed by atoms with Gasteiger partial charge in [-0.2, -0.15) is 0 Å². The number of alkyl carbamates (subject to hydrolysis) is 1. The molecule has 6 N–H and O–H groups in total. The number of fused-ring (bicyclic) bond motifs is 1. The van der Waals surface area contributed by atoms with Crippen molar-refractivity contribution >= 4 is 45.0 Å². The number of anilines is 3. The van der Waals surface area contributed by atoms with Crippen LogP contribution in [-0.4, -0.2) is 64.0 Å². The predicted octanol–water partition coefficient (Wildman–Crippen LogP) is 6.11. The minimum absolute atomic E-state index is 0.175. The summed E-state index contributed by atoms with van der Waals surface area (Å²) >= 11 is 0. The normalized spacial score (nSPS) is 18.9. The summed E-state index contributed by atoms with van der Waals surface area (Å²) in [5.41, 5.74) is 5.07. The zero-order chi connectivity index (χ0) is 39.2. The summed E-state index contributed by atoms with van der Waals surface area (Å²) in [6, 6.07) is 17.2. The Morgan fingerprint density at radius 2 is 1.59 bits per heavy atom. The molecule has 0 aromatic heterocycles. The fourth-order valence-corrected chi connectivity index (χ4v) is 8.10. The lowest BCUT2D eigenvalue weighted by Gasteiger charge is -2.29. The van der Waals surface area contributed by atoms with Gasteiger partial charge in [0.2, 0.25) is 28.2 Å². The summed E-state index contributed by atoms with van der Waals surface area (Å²) in [7, 11) is -2.04. The van der Waals surface area contributed by atoms with Gasteiger partial charge < -0.3 is 36.1 Å². The molecule has 0 radical (unpaired) electrons. The van der Waals surface area contributed by atoms with E-state index >= 15 is 0 Å². The number of rotatable bonds is 13. The van der Waals surface area contributed by atoms with Gasteiger partial charge in [0, 0.05) is 37.7 Å². The van der Waals surface area contributed by atoms with E-state index in [1.165, 1.54) is 0 Å². The summed E-state index contributed by atoms with van der Waals surface area (Å²) in [6.45, 7) is 11.4. The van der Waals surface area contributed by atoms with Crippen molar-refractivity contribution in [3.63, 3.8) is 0 Å². The number of benzene rings is 3. The van der Waals surface area contributed by atoms with Crippen molar-refractivity contribution in [3.8, 4) is 11.1 Å². The van der Waals surface area contributed by atoms with Crippen LogP contribution < -0.4 is 31.3 Å². The van der Waals surface area contributed by atoms with Crippen molar-refractivity contribution in [2.24, 2.45) is 11.8 Å². The van der Waals surface area contributed by atoms with Gasteiger partial charge in [0.15, 0.2) is 0 Å². The van der Waals surface area contributed by atoms with Crippen LogP contribution in [0.15, 0.2) is 65.6 Å². The maximum absolute atomic E-state index is 13.9. The van der Waals surface area contributed by atoms with Crippen LogP contribution in [0.4, 0.5) is 21.9 Å². The van der Waals surface area contributed by atoms with Crippen molar-refractivity contribution in [3.05, 3.63) is 71.8 Å². The van der Waals surface area contributed by atoms with E-state index in [0.717, 1.165) is 46.5 Å². The van der Waals surface area contributed by atoms with Gasteiger partial charge in [0.25, 0.3) is 0 Å². The predicted molar refractivity (Wildman–Crippen MR) is 211 cm³/mol. The van der Waals surface area contributed by atoms with Crippen LogP contribution in [0, 0.1) is 18.8 Å². The highest BCUT2D eigenvalue weighted by Crippen LogP contribution is 2.33. The highest BCUT2D eigenvalue weighted by Gasteiger charge is 2.31. The zero-order valence-electron chi connectivity index (χ0n) is 32.2. The van der Waals surface area contributed by atoms with E-state index in [2.05, 4.69) is 31.3 Å². The Hall–Kier alpha value is -4.66. The molecule has 0 spiro atoms. The van der Waals surface area contributed by atoms with E-state index in [0.29, 0.717) is 25.1 Å². The summed E-state index contributed by atoms with van der Waals surface area (Å²) < 4.78 is 38.7. The van der Waals surface area contributed by atoms with Gasteiger partial charge in [-0.3, -0.25) is 9.59 Å². The van der Waals surface area contributed by atoms with Gasteiger partial charge in [-0.1, -0.05) is 30.3 Å². The maximum atomic E-state index is 13.9. The van der Waals surface area contributed by atoms with Gasteiger partial charge in [-0.05, 0) is 126 Å². The smallest absolute Gasteiger partial charge is 0.407 e. The third-order valence-corrected chi connectivity index (χ3v) is 11.1. The number of hydrogen-bond donors (Lipinski definition) is 6.